The van der Waals surface area contributed by atoms with Gasteiger partial charge in [-0.1, -0.05) is 0 Å². The van der Waals surface area contributed by atoms with E-state index in [1.165, 1.54) is 0 Å². The molecule has 1 saturated carbocycles. The van der Waals surface area contributed by atoms with E-state index in [9.17, 15) is 8.42 Å². The Labute approximate surface area is 97.6 Å². The fraction of sp³-hybridized carbons (Fsp3) is 1.00. The SMILES string of the molecule is CC(C)(NS(=O)(=O)CCCCCl)C1CC1. The molecule has 0 radical (unpaired) electrons. The van der Waals surface area contributed by atoms with Crippen LogP contribution < -0.4 is 4.72 Å². The number of unbranched alkanes of at least 4 members (excludes halogenated alkanes) is 1. The van der Waals surface area contributed by atoms with Crippen LogP contribution in [-0.2, 0) is 10.0 Å². The van der Waals surface area contributed by atoms with Crippen molar-refractivity contribution in [2.24, 2.45) is 5.92 Å². The van der Waals surface area contributed by atoms with Crippen LogP contribution in [0.15, 0.2) is 0 Å². The van der Waals surface area contributed by atoms with E-state index in [0.717, 1.165) is 19.3 Å². The zero-order valence-corrected chi connectivity index (χ0v) is 11.0. The second kappa shape index (κ2) is 5.02. The molecule has 90 valence electrons. The Morgan fingerprint density at radius 2 is 1.93 bits per heavy atom. The van der Waals surface area contributed by atoms with Crippen LogP contribution in [0, 0.1) is 5.92 Å². The van der Waals surface area contributed by atoms with E-state index in [1.807, 2.05) is 13.8 Å². The summed E-state index contributed by atoms with van der Waals surface area (Å²) < 4.78 is 26.2. The number of rotatable bonds is 7. The average Bonchev–Trinajstić information content (AvgIpc) is 2.83. The highest BCUT2D eigenvalue weighted by Gasteiger charge is 2.40. The van der Waals surface area contributed by atoms with Gasteiger partial charge < -0.3 is 0 Å². The summed E-state index contributed by atoms with van der Waals surface area (Å²) in [4.78, 5) is 0. The van der Waals surface area contributed by atoms with Crippen LogP contribution in [0.1, 0.15) is 39.5 Å². The maximum absolute atomic E-state index is 11.7. The van der Waals surface area contributed by atoms with Crippen molar-refractivity contribution >= 4 is 21.6 Å². The quantitative estimate of drug-likeness (QED) is 0.558. The van der Waals surface area contributed by atoms with Gasteiger partial charge in [-0.2, -0.15) is 0 Å². The lowest BCUT2D eigenvalue weighted by molar-refractivity contribution is 0.400. The van der Waals surface area contributed by atoms with E-state index >= 15 is 0 Å². The number of alkyl halides is 1. The lowest BCUT2D eigenvalue weighted by atomic mass is 10.0. The monoisotopic (exact) mass is 253 g/mol. The van der Waals surface area contributed by atoms with Crippen LogP contribution >= 0.6 is 11.6 Å². The highest BCUT2D eigenvalue weighted by molar-refractivity contribution is 7.89. The molecular formula is C10H20ClNO2S. The molecule has 0 aromatic rings. The predicted molar refractivity (Wildman–Crippen MR) is 63.7 cm³/mol. The van der Waals surface area contributed by atoms with E-state index in [2.05, 4.69) is 4.72 Å². The molecule has 0 heterocycles. The van der Waals surface area contributed by atoms with Crippen molar-refractivity contribution in [1.29, 1.82) is 0 Å². The van der Waals surface area contributed by atoms with E-state index in [1.54, 1.807) is 0 Å². The van der Waals surface area contributed by atoms with Gasteiger partial charge in [0.1, 0.15) is 0 Å². The summed E-state index contributed by atoms with van der Waals surface area (Å²) in [7, 11) is -3.13. The van der Waals surface area contributed by atoms with Crippen molar-refractivity contribution in [1.82, 2.24) is 4.72 Å². The van der Waals surface area contributed by atoms with Crippen LogP contribution in [0.3, 0.4) is 0 Å². The molecule has 0 bridgehead atoms. The van der Waals surface area contributed by atoms with Crippen LogP contribution in [0.25, 0.3) is 0 Å². The Bertz CT molecular complexity index is 297. The summed E-state index contributed by atoms with van der Waals surface area (Å²) in [5.74, 6) is 1.23. The molecule has 0 amide bonds. The minimum absolute atomic E-state index is 0.190. The van der Waals surface area contributed by atoms with Crippen LogP contribution in [0.4, 0.5) is 0 Å². The van der Waals surface area contributed by atoms with Gasteiger partial charge in [0.15, 0.2) is 0 Å². The lowest BCUT2D eigenvalue weighted by Crippen LogP contribution is -2.46. The summed E-state index contributed by atoms with van der Waals surface area (Å²) in [6.07, 6.45) is 3.67. The first-order valence-electron chi connectivity index (χ1n) is 5.45. The summed E-state index contributed by atoms with van der Waals surface area (Å²) in [5.41, 5.74) is -0.278. The third-order valence-electron chi connectivity index (χ3n) is 2.81. The van der Waals surface area contributed by atoms with Crippen molar-refractivity contribution in [2.75, 3.05) is 11.6 Å². The number of sulfonamides is 1. The second-order valence-corrected chi connectivity index (χ2v) is 7.03. The lowest BCUT2D eigenvalue weighted by Gasteiger charge is -2.25. The molecule has 0 spiro atoms. The number of halogens is 1. The largest absolute Gasteiger partial charge is 0.212 e. The Morgan fingerprint density at radius 1 is 1.33 bits per heavy atom. The molecular weight excluding hydrogens is 234 g/mol. The summed E-state index contributed by atoms with van der Waals surface area (Å²) in [6.45, 7) is 3.92. The van der Waals surface area contributed by atoms with E-state index in [0.29, 0.717) is 18.2 Å². The minimum atomic E-state index is -3.13. The summed E-state index contributed by atoms with van der Waals surface area (Å²) in [5, 5.41) is 0. The van der Waals surface area contributed by atoms with Crippen LogP contribution in [0.2, 0.25) is 0 Å². The molecule has 0 aromatic carbocycles. The number of nitrogens with one attached hydrogen (secondary N) is 1. The van der Waals surface area contributed by atoms with Gasteiger partial charge in [-0.15, -0.1) is 11.6 Å². The van der Waals surface area contributed by atoms with E-state index in [-0.39, 0.29) is 11.3 Å². The Balaban J connectivity index is 2.41. The molecule has 3 nitrogen and oxygen atoms in total. The van der Waals surface area contributed by atoms with Gasteiger partial charge in [-0.05, 0) is 45.4 Å². The zero-order valence-electron chi connectivity index (χ0n) is 9.42. The maximum Gasteiger partial charge on any atom is 0.212 e. The van der Waals surface area contributed by atoms with Gasteiger partial charge in [0.2, 0.25) is 10.0 Å². The molecule has 0 atom stereocenters. The van der Waals surface area contributed by atoms with Crippen molar-refractivity contribution in [2.45, 2.75) is 45.1 Å². The van der Waals surface area contributed by atoms with Crippen molar-refractivity contribution in [3.63, 3.8) is 0 Å². The van der Waals surface area contributed by atoms with Crippen LogP contribution in [-0.4, -0.2) is 25.6 Å². The van der Waals surface area contributed by atoms with Gasteiger partial charge in [-0.25, -0.2) is 13.1 Å². The first-order valence-corrected chi connectivity index (χ1v) is 7.64. The molecule has 1 rings (SSSR count). The predicted octanol–water partition coefficient (Wildman–Crippen LogP) is 2.11. The third-order valence-corrected chi connectivity index (χ3v) is 4.74. The van der Waals surface area contributed by atoms with Gasteiger partial charge in [-0.3, -0.25) is 0 Å². The fourth-order valence-electron chi connectivity index (χ4n) is 1.73. The molecule has 0 unspecified atom stereocenters. The minimum Gasteiger partial charge on any atom is -0.212 e. The molecule has 1 aliphatic carbocycles. The molecule has 15 heavy (non-hydrogen) atoms. The van der Waals surface area contributed by atoms with E-state index in [4.69, 9.17) is 11.6 Å². The summed E-state index contributed by atoms with van der Waals surface area (Å²) >= 11 is 5.51. The fourth-order valence-corrected chi connectivity index (χ4v) is 3.57. The van der Waals surface area contributed by atoms with Gasteiger partial charge in [0.25, 0.3) is 0 Å². The zero-order chi connectivity index (χ0) is 11.5. The molecule has 5 heteroatoms. The number of hydrogen-bond donors (Lipinski definition) is 1. The van der Waals surface area contributed by atoms with Crippen molar-refractivity contribution in [3.05, 3.63) is 0 Å². The van der Waals surface area contributed by atoms with Crippen LogP contribution in [0.5, 0.6) is 0 Å². The Morgan fingerprint density at radius 3 is 2.40 bits per heavy atom. The van der Waals surface area contributed by atoms with Crippen molar-refractivity contribution < 1.29 is 8.42 Å². The highest BCUT2D eigenvalue weighted by atomic mass is 35.5. The highest BCUT2D eigenvalue weighted by Crippen LogP contribution is 2.39. The van der Waals surface area contributed by atoms with Gasteiger partial charge >= 0.3 is 0 Å². The normalized spacial score (nSPS) is 18.1. The first kappa shape index (κ1) is 13.3. The average molecular weight is 254 g/mol. The molecule has 0 aliphatic heterocycles. The topological polar surface area (TPSA) is 46.2 Å². The molecule has 0 aromatic heterocycles. The van der Waals surface area contributed by atoms with Gasteiger partial charge in [0.05, 0.1) is 5.75 Å². The first-order chi connectivity index (χ1) is 6.87. The van der Waals surface area contributed by atoms with Gasteiger partial charge in [0, 0.05) is 11.4 Å². The molecule has 1 aliphatic rings. The Hall–Kier alpha value is 0.200. The van der Waals surface area contributed by atoms with Crippen molar-refractivity contribution in [3.8, 4) is 0 Å². The maximum atomic E-state index is 11.7. The molecule has 1 N–H and O–H groups in total. The Kier molecular flexibility index (Phi) is 4.44. The summed E-state index contributed by atoms with van der Waals surface area (Å²) in [6, 6.07) is 0. The molecule has 0 saturated heterocycles. The smallest absolute Gasteiger partial charge is 0.212 e. The van der Waals surface area contributed by atoms with E-state index < -0.39 is 10.0 Å². The second-order valence-electron chi connectivity index (χ2n) is 4.81. The third kappa shape index (κ3) is 4.70. The standard InChI is InChI=1S/C10H20ClNO2S/c1-10(2,9-5-6-9)12-15(13,14)8-4-3-7-11/h9,12H,3-8H2,1-2H3. The molecule has 1 fully saturated rings. The number of hydrogen-bond acceptors (Lipinski definition) is 2.